The Labute approximate surface area is 141 Å². The van der Waals surface area contributed by atoms with E-state index in [1.165, 1.54) is 0 Å². The fraction of sp³-hybridized carbons (Fsp3) is 0.353. The van der Waals surface area contributed by atoms with Crippen molar-refractivity contribution >= 4 is 15.9 Å². The van der Waals surface area contributed by atoms with Crippen molar-refractivity contribution in [2.24, 2.45) is 0 Å². The van der Waals surface area contributed by atoms with Gasteiger partial charge in [-0.2, -0.15) is 0 Å². The van der Waals surface area contributed by atoms with E-state index in [-0.39, 0.29) is 23.6 Å². The third-order valence-electron chi connectivity index (χ3n) is 3.99. The van der Waals surface area contributed by atoms with E-state index in [2.05, 4.69) is 5.32 Å². The number of nitrogens with zero attached hydrogens (tertiary/aromatic N) is 1. The van der Waals surface area contributed by atoms with Gasteiger partial charge in [-0.05, 0) is 24.1 Å². The Kier molecular flexibility index (Phi) is 4.89. The highest BCUT2D eigenvalue weighted by atomic mass is 32.2. The van der Waals surface area contributed by atoms with Crippen molar-refractivity contribution < 1.29 is 17.6 Å². The van der Waals surface area contributed by atoms with Crippen molar-refractivity contribution in [3.05, 3.63) is 60.1 Å². The molecule has 2 heterocycles. The van der Waals surface area contributed by atoms with E-state index in [9.17, 15) is 13.2 Å². The van der Waals surface area contributed by atoms with Gasteiger partial charge in [0.25, 0.3) is 0 Å². The summed E-state index contributed by atoms with van der Waals surface area (Å²) in [6.07, 6.45) is 2.03. The number of hydrogen-bond acceptors (Lipinski definition) is 4. The van der Waals surface area contributed by atoms with E-state index in [0.29, 0.717) is 25.3 Å². The molecule has 3 rings (SSSR count). The Morgan fingerprint density at radius 1 is 1.17 bits per heavy atom. The first-order valence-corrected chi connectivity index (χ1v) is 9.66. The van der Waals surface area contributed by atoms with E-state index in [4.69, 9.17) is 4.42 Å². The van der Waals surface area contributed by atoms with Crippen LogP contribution in [0.15, 0.2) is 53.1 Å². The van der Waals surface area contributed by atoms with Crippen LogP contribution in [0.3, 0.4) is 0 Å². The molecule has 1 N–H and O–H groups in total. The van der Waals surface area contributed by atoms with Gasteiger partial charge in [0, 0.05) is 12.6 Å². The number of hydrogen-bond donors (Lipinski definition) is 1. The molecule has 1 aromatic carbocycles. The number of sulfone groups is 1. The van der Waals surface area contributed by atoms with Gasteiger partial charge in [0.1, 0.15) is 5.76 Å². The number of amides is 2. The monoisotopic (exact) mass is 348 g/mol. The average Bonchev–Trinajstić information content (AvgIpc) is 3.17. The van der Waals surface area contributed by atoms with E-state index < -0.39 is 9.84 Å². The first kappa shape index (κ1) is 16.6. The van der Waals surface area contributed by atoms with Crippen LogP contribution in [0.25, 0.3) is 0 Å². The fourth-order valence-electron chi connectivity index (χ4n) is 2.77. The van der Waals surface area contributed by atoms with Crippen LogP contribution in [0.4, 0.5) is 4.79 Å². The van der Waals surface area contributed by atoms with Crippen LogP contribution in [0.2, 0.25) is 0 Å². The number of furan rings is 1. The van der Waals surface area contributed by atoms with E-state index in [1.54, 1.807) is 17.2 Å². The lowest BCUT2D eigenvalue weighted by Gasteiger charge is -2.24. The maximum Gasteiger partial charge on any atom is 0.318 e. The van der Waals surface area contributed by atoms with Gasteiger partial charge in [0.15, 0.2) is 9.84 Å². The Morgan fingerprint density at radius 3 is 2.58 bits per heavy atom. The molecule has 0 radical (unpaired) electrons. The molecule has 0 saturated carbocycles. The molecular formula is C17H20N2O4S. The molecule has 2 amide bonds. The molecule has 0 unspecified atom stereocenters. The van der Waals surface area contributed by atoms with Crippen LogP contribution in [0.1, 0.15) is 17.7 Å². The standard InChI is InChI=1S/C17H20N2O4S/c20-17(18-15-8-10-24(21,22)13-15)19(12-16-7-4-9-23-16)11-14-5-2-1-3-6-14/h1-7,9,15H,8,10-13H2,(H,18,20)/t15-/m1/s1. The molecule has 1 saturated heterocycles. The van der Waals surface area contributed by atoms with Crippen molar-refractivity contribution in [1.29, 1.82) is 0 Å². The predicted octanol–water partition coefficient (Wildman–Crippen LogP) is 2.18. The zero-order valence-electron chi connectivity index (χ0n) is 13.2. The number of nitrogens with one attached hydrogen (secondary N) is 1. The normalized spacial score (nSPS) is 19.1. The molecule has 0 aliphatic carbocycles. The minimum Gasteiger partial charge on any atom is -0.467 e. The van der Waals surface area contributed by atoms with Crippen LogP contribution >= 0.6 is 0 Å². The van der Waals surface area contributed by atoms with Crippen LogP contribution in [0.5, 0.6) is 0 Å². The summed E-state index contributed by atoms with van der Waals surface area (Å²) in [4.78, 5) is 14.2. The van der Waals surface area contributed by atoms with Gasteiger partial charge < -0.3 is 14.6 Å². The highest BCUT2D eigenvalue weighted by molar-refractivity contribution is 7.91. The van der Waals surface area contributed by atoms with Crippen molar-refractivity contribution in [3.8, 4) is 0 Å². The molecule has 2 aromatic rings. The van der Waals surface area contributed by atoms with Gasteiger partial charge in [-0.3, -0.25) is 0 Å². The Balaban J connectivity index is 1.69. The molecule has 7 heteroatoms. The van der Waals surface area contributed by atoms with Crippen molar-refractivity contribution in [1.82, 2.24) is 10.2 Å². The summed E-state index contributed by atoms with van der Waals surface area (Å²) in [5.74, 6) is 0.827. The lowest BCUT2D eigenvalue weighted by Crippen LogP contribution is -2.44. The second kappa shape index (κ2) is 7.09. The van der Waals surface area contributed by atoms with E-state index in [0.717, 1.165) is 5.56 Å². The molecule has 1 aliphatic heterocycles. The van der Waals surface area contributed by atoms with Gasteiger partial charge in [-0.15, -0.1) is 0 Å². The lowest BCUT2D eigenvalue weighted by molar-refractivity contribution is 0.184. The molecule has 0 spiro atoms. The SMILES string of the molecule is O=C(N[C@@H]1CCS(=O)(=O)C1)N(Cc1ccccc1)Cc1ccco1. The first-order chi connectivity index (χ1) is 11.5. The van der Waals surface area contributed by atoms with Crippen LogP contribution in [-0.2, 0) is 22.9 Å². The Bertz CT molecular complexity index is 772. The van der Waals surface area contributed by atoms with Gasteiger partial charge in [-0.25, -0.2) is 13.2 Å². The summed E-state index contributed by atoms with van der Waals surface area (Å²) >= 11 is 0. The maximum atomic E-state index is 12.6. The molecule has 6 nitrogen and oxygen atoms in total. The summed E-state index contributed by atoms with van der Waals surface area (Å²) in [5.41, 5.74) is 0.998. The lowest BCUT2D eigenvalue weighted by atomic mass is 10.2. The van der Waals surface area contributed by atoms with Gasteiger partial charge >= 0.3 is 6.03 Å². The van der Waals surface area contributed by atoms with E-state index in [1.807, 2.05) is 36.4 Å². The fourth-order valence-corrected chi connectivity index (χ4v) is 4.44. The largest absolute Gasteiger partial charge is 0.467 e. The van der Waals surface area contributed by atoms with Gasteiger partial charge in [0.05, 0.1) is 24.3 Å². The zero-order valence-corrected chi connectivity index (χ0v) is 14.0. The number of carbonyl (C=O) groups excluding carboxylic acids is 1. The van der Waals surface area contributed by atoms with Crippen molar-refractivity contribution in [2.75, 3.05) is 11.5 Å². The first-order valence-electron chi connectivity index (χ1n) is 7.84. The Morgan fingerprint density at radius 2 is 1.96 bits per heavy atom. The van der Waals surface area contributed by atoms with Crippen LogP contribution < -0.4 is 5.32 Å². The topological polar surface area (TPSA) is 79.6 Å². The predicted molar refractivity (Wildman–Crippen MR) is 90.0 cm³/mol. The third kappa shape index (κ3) is 4.38. The summed E-state index contributed by atoms with van der Waals surface area (Å²) in [7, 11) is -3.03. The number of rotatable bonds is 5. The molecule has 24 heavy (non-hydrogen) atoms. The van der Waals surface area contributed by atoms with E-state index >= 15 is 0 Å². The third-order valence-corrected chi connectivity index (χ3v) is 5.76. The molecule has 1 fully saturated rings. The average molecular weight is 348 g/mol. The molecular weight excluding hydrogens is 328 g/mol. The number of carbonyl (C=O) groups is 1. The summed E-state index contributed by atoms with van der Waals surface area (Å²) in [5, 5.41) is 2.83. The molecule has 128 valence electrons. The molecule has 1 aromatic heterocycles. The molecule has 0 bridgehead atoms. The second-order valence-electron chi connectivity index (χ2n) is 5.97. The minimum absolute atomic E-state index is 0.0126. The zero-order chi connectivity index (χ0) is 17.0. The highest BCUT2D eigenvalue weighted by Crippen LogP contribution is 2.14. The van der Waals surface area contributed by atoms with Crippen LogP contribution in [0, 0.1) is 0 Å². The summed E-state index contributed by atoms with van der Waals surface area (Å²) < 4.78 is 28.5. The molecule has 1 atom stereocenters. The Hall–Kier alpha value is -2.28. The van der Waals surface area contributed by atoms with Crippen molar-refractivity contribution in [2.45, 2.75) is 25.6 Å². The molecule has 1 aliphatic rings. The smallest absolute Gasteiger partial charge is 0.318 e. The van der Waals surface area contributed by atoms with Gasteiger partial charge in [-0.1, -0.05) is 30.3 Å². The quantitative estimate of drug-likeness (QED) is 0.898. The van der Waals surface area contributed by atoms with Gasteiger partial charge in [0.2, 0.25) is 0 Å². The maximum absolute atomic E-state index is 12.6. The number of benzene rings is 1. The summed E-state index contributed by atoms with van der Waals surface area (Å²) in [6, 6.07) is 12.6. The highest BCUT2D eigenvalue weighted by Gasteiger charge is 2.30. The number of urea groups is 1. The summed E-state index contributed by atoms with van der Waals surface area (Å²) in [6.45, 7) is 0.750. The van der Waals surface area contributed by atoms with Crippen LogP contribution in [-0.4, -0.2) is 36.9 Å². The second-order valence-corrected chi connectivity index (χ2v) is 8.20. The van der Waals surface area contributed by atoms with Crippen molar-refractivity contribution in [3.63, 3.8) is 0 Å². The minimum atomic E-state index is -3.03.